The molecule has 4 fully saturated rings. The minimum Gasteiger partial charge on any atom is -0.629 e. The third kappa shape index (κ3) is 11.9. The van der Waals surface area contributed by atoms with Gasteiger partial charge in [-0.05, 0) is 98.8 Å². The van der Waals surface area contributed by atoms with Gasteiger partial charge >= 0.3 is 5.97 Å². The van der Waals surface area contributed by atoms with Crippen molar-refractivity contribution in [3.63, 3.8) is 0 Å². The number of benzene rings is 2. The maximum atomic E-state index is 14.9. The van der Waals surface area contributed by atoms with Crippen LogP contribution in [0.1, 0.15) is 112 Å². The smallest absolute Gasteiger partial charge is 0.306 e. The molecule has 4 aliphatic rings. The summed E-state index contributed by atoms with van der Waals surface area (Å²) >= 11 is -2.28. The number of amides is 1. The number of aliphatic hydroxyl groups is 1. The number of anilines is 2. The number of halogens is 1. The number of methoxy groups -OCH3 is 2. The molecule has 20 heteroatoms. The summed E-state index contributed by atoms with van der Waals surface area (Å²) < 4.78 is 50.7. The number of carbonyl (C=O) groups excluding carboxylic acids is 2. The van der Waals surface area contributed by atoms with Crippen molar-refractivity contribution in [1.82, 2.24) is 30.2 Å². The molecule has 5 heterocycles. The van der Waals surface area contributed by atoms with Crippen molar-refractivity contribution in [2.75, 3.05) is 77.3 Å². The van der Waals surface area contributed by atoms with Crippen molar-refractivity contribution in [1.29, 1.82) is 0 Å². The lowest BCUT2D eigenvalue weighted by atomic mass is 9.59. The number of nitrogens with one attached hydrogen (secondary N) is 4. The minimum absolute atomic E-state index is 0.0306. The van der Waals surface area contributed by atoms with Crippen LogP contribution in [0.15, 0.2) is 71.9 Å². The number of pyridine rings is 2. The molecular weight excluding hydrogens is 970 g/mol. The van der Waals surface area contributed by atoms with E-state index >= 15 is 0 Å². The van der Waals surface area contributed by atoms with Crippen molar-refractivity contribution < 1.29 is 46.9 Å². The Morgan fingerprint density at radius 3 is 2.50 bits per heavy atom. The Kier molecular flexibility index (Phi) is 16.2. The molecule has 1 amide bonds. The number of fused-ring (bicyclic) bond motifs is 1. The Morgan fingerprint density at radius 2 is 1.78 bits per heavy atom. The number of hydrogen-bond acceptors (Lipinski definition) is 15. The van der Waals surface area contributed by atoms with E-state index in [9.17, 15) is 28.5 Å². The average Bonchev–Trinajstić information content (AvgIpc) is 3.76. The molecule has 3 aromatic heterocycles. The zero-order valence-corrected chi connectivity index (χ0v) is 44.0. The van der Waals surface area contributed by atoms with Gasteiger partial charge in [0.2, 0.25) is 11.1 Å². The molecule has 74 heavy (non-hydrogen) atoms. The zero-order valence-electron chi connectivity index (χ0n) is 43.2. The summed E-state index contributed by atoms with van der Waals surface area (Å²) in [6, 6.07) is 17.5. The van der Waals surface area contributed by atoms with Crippen LogP contribution in [0.3, 0.4) is 0 Å². The largest absolute Gasteiger partial charge is 0.629 e. The van der Waals surface area contributed by atoms with Crippen LogP contribution in [0, 0.1) is 22.4 Å². The fraction of sp³-hybridized carbons (Fsp3) is 0.519. The van der Waals surface area contributed by atoms with E-state index < -0.39 is 28.4 Å². The summed E-state index contributed by atoms with van der Waals surface area (Å²) in [5.41, 5.74) is 5.88. The summed E-state index contributed by atoms with van der Waals surface area (Å²) in [5, 5.41) is 26.2. The third-order valence-electron chi connectivity index (χ3n) is 15.9. The zero-order chi connectivity index (χ0) is 52.3. The maximum absolute atomic E-state index is 14.9. The van der Waals surface area contributed by atoms with Gasteiger partial charge in [-0.25, -0.2) is 19.1 Å². The summed E-state index contributed by atoms with van der Waals surface area (Å²) in [7, 11) is 4.25. The van der Waals surface area contributed by atoms with E-state index in [0.717, 1.165) is 76.9 Å². The lowest BCUT2D eigenvalue weighted by Gasteiger charge is -2.58. The summed E-state index contributed by atoms with van der Waals surface area (Å²) in [6.45, 7) is 11.8. The molecule has 3 atom stereocenters. The van der Waals surface area contributed by atoms with Crippen molar-refractivity contribution >= 4 is 51.2 Å². The normalized spacial score (nSPS) is 22.3. The number of hydroxylamine groups is 2. The van der Waals surface area contributed by atoms with Crippen LogP contribution in [-0.4, -0.2) is 125 Å². The van der Waals surface area contributed by atoms with E-state index in [2.05, 4.69) is 78.6 Å². The van der Waals surface area contributed by atoms with Crippen LogP contribution >= 0.6 is 0 Å². The van der Waals surface area contributed by atoms with E-state index in [1.807, 2.05) is 13.0 Å². The van der Waals surface area contributed by atoms with E-state index in [-0.39, 0.29) is 67.0 Å². The van der Waals surface area contributed by atoms with Crippen molar-refractivity contribution in [2.45, 2.75) is 107 Å². The van der Waals surface area contributed by atoms with E-state index in [1.54, 1.807) is 12.1 Å². The number of H-pyrrole nitrogens is 1. The quantitative estimate of drug-likeness (QED) is 0.0439. The average molecular weight is 1040 g/mol. The molecule has 0 radical (unpaired) electrons. The Morgan fingerprint density at radius 1 is 1.03 bits per heavy atom. The Labute approximate surface area is 434 Å². The number of rotatable bonds is 18. The number of quaternary nitrogens is 1. The van der Waals surface area contributed by atoms with Gasteiger partial charge in [0.25, 0.3) is 11.8 Å². The molecule has 398 valence electrons. The number of piperidine rings is 1. The second-order valence-electron chi connectivity index (χ2n) is 21.2. The summed E-state index contributed by atoms with van der Waals surface area (Å²) in [6.07, 6.45) is 10.1. The summed E-state index contributed by atoms with van der Waals surface area (Å²) in [4.78, 5) is 45.2. The molecule has 5 aromatic rings. The Bertz CT molecular complexity index is 2820. The van der Waals surface area contributed by atoms with E-state index in [1.165, 1.54) is 56.9 Å². The van der Waals surface area contributed by atoms with Gasteiger partial charge in [-0.15, -0.1) is 0 Å². The van der Waals surface area contributed by atoms with Gasteiger partial charge in [-0.2, -0.15) is 9.27 Å². The highest BCUT2D eigenvalue weighted by Gasteiger charge is 2.50. The number of nitrogens with zero attached hydrogens (tertiary/aromatic N) is 5. The monoisotopic (exact) mass is 1040 g/mol. The molecule has 2 unspecified atom stereocenters. The number of aromatic nitrogens is 3. The molecule has 0 bridgehead atoms. The molecule has 2 aliphatic heterocycles. The maximum Gasteiger partial charge on any atom is 0.306 e. The van der Waals surface area contributed by atoms with Gasteiger partial charge in [-0.3, -0.25) is 19.4 Å². The van der Waals surface area contributed by atoms with Crippen LogP contribution in [0.4, 0.5) is 21.6 Å². The molecule has 5 N–H and O–H groups in total. The lowest BCUT2D eigenvalue weighted by molar-refractivity contribution is -0.751. The van der Waals surface area contributed by atoms with Crippen molar-refractivity contribution in [2.24, 2.45) is 11.3 Å². The first kappa shape index (κ1) is 53.1. The number of carbonyl (C=O) groups is 2. The van der Waals surface area contributed by atoms with Crippen LogP contribution in [-0.2, 0) is 24.9 Å². The van der Waals surface area contributed by atoms with Gasteiger partial charge in [0.1, 0.15) is 17.2 Å². The number of esters is 1. The second-order valence-corrected chi connectivity index (χ2v) is 22.3. The third-order valence-corrected chi connectivity index (χ3v) is 16.7. The van der Waals surface area contributed by atoms with Gasteiger partial charge < -0.3 is 44.8 Å². The van der Waals surface area contributed by atoms with Crippen LogP contribution in [0.2, 0.25) is 0 Å². The van der Waals surface area contributed by atoms with Crippen LogP contribution in [0.25, 0.3) is 11.0 Å². The number of piperazine rings is 1. The molecule has 2 saturated heterocycles. The van der Waals surface area contributed by atoms with Gasteiger partial charge in [-0.1, -0.05) is 38.1 Å². The molecule has 18 nitrogen and oxygen atoms in total. The van der Waals surface area contributed by atoms with Gasteiger partial charge in [0.05, 0.1) is 49.1 Å². The van der Waals surface area contributed by atoms with Gasteiger partial charge in [0.15, 0.2) is 17.3 Å². The first-order chi connectivity index (χ1) is 35.5. The summed E-state index contributed by atoms with van der Waals surface area (Å²) in [5.74, 6) is -0.247. The van der Waals surface area contributed by atoms with Crippen LogP contribution < -0.4 is 30.2 Å². The van der Waals surface area contributed by atoms with Crippen LogP contribution in [0.5, 0.6) is 17.4 Å². The second kappa shape index (κ2) is 22.6. The fourth-order valence-electron chi connectivity index (χ4n) is 11.5. The standard InChI is InChI=1S/C54H70FN9O9S/c1-34(2)39-9-7-8-10-40(39)45-33-62(20-15-48(65)70-5)23-24-64(45)37-28-54(29-37)18-21-63(22-19-54)36-11-12-41(46(25-36)72-47-27-42-43(55)32-58-49(42)59-52(47)71-6)51(66)60-73-74(69)38-26-44(61(4)68)50(57-31-38)56-30-35-13-16-53(3,67)17-14-35/h7-12,25-27,31-32,34-35,37,45,61,67H,13-24,28-30,33H2,1-6H3,(H,56,57)(H,58,59)(H,60,66)/t35?,45-,53?,74?/m0/s1. The molecule has 1 spiro atoms. The number of ether oxygens (including phenoxy) is 3. The molecule has 9 rings (SSSR count). The molecule has 2 aromatic carbocycles. The topological polar surface area (TPSA) is 211 Å². The highest BCUT2D eigenvalue weighted by molar-refractivity contribution is 7.80. The first-order valence-electron chi connectivity index (χ1n) is 25.8. The lowest BCUT2D eigenvalue weighted by Crippen LogP contribution is -2.98. The molecule has 2 saturated carbocycles. The SMILES string of the molecule is COC(=O)CCN1CCN(C2CC3(CCN(c4ccc(C(=O)NOS(=O)c5cnc(NCC6CCC(C)(O)CC6)c([NH+](C)[O-])c5)c(Oc5cc6c(F)c[nH]c6nc5OC)c4)CC3)C2)[C@H](c2ccccc2C(C)C)C1. The Balaban J connectivity index is 0.887. The predicted octanol–water partition coefficient (Wildman–Crippen LogP) is 7.07. The number of aromatic amines is 1. The minimum atomic E-state index is -2.28. The van der Waals surface area contributed by atoms with Gasteiger partial charge in [0, 0.05) is 94.2 Å². The first-order valence-corrected chi connectivity index (χ1v) is 26.9. The Hall–Kier alpha value is -5.74. The predicted molar refractivity (Wildman–Crippen MR) is 279 cm³/mol. The highest BCUT2D eigenvalue weighted by atomic mass is 32.2. The fourth-order valence-corrected chi connectivity index (χ4v) is 12.1. The molecular formula is C54H70FN9O9S. The van der Waals surface area contributed by atoms with E-state index in [0.29, 0.717) is 56.0 Å². The highest BCUT2D eigenvalue weighted by Crippen LogP contribution is 2.53. The van der Waals surface area contributed by atoms with E-state index in [4.69, 9.17) is 18.5 Å². The molecule has 2 aliphatic carbocycles. The number of hydrogen-bond donors (Lipinski definition) is 5. The van der Waals surface area contributed by atoms with Crippen molar-refractivity contribution in [3.05, 3.63) is 94.7 Å². The van der Waals surface area contributed by atoms with Crippen molar-refractivity contribution in [3.8, 4) is 17.4 Å².